The molecule has 8 heteroatoms. The van der Waals surface area contributed by atoms with E-state index in [0.717, 1.165) is 0 Å². The predicted molar refractivity (Wildman–Crippen MR) is 64.1 cm³/mol. The molecule has 96 valence electrons. The van der Waals surface area contributed by atoms with E-state index in [2.05, 4.69) is 15.3 Å². The van der Waals surface area contributed by atoms with Gasteiger partial charge >= 0.3 is 6.18 Å². The molecule has 0 unspecified atom stereocenters. The van der Waals surface area contributed by atoms with Gasteiger partial charge in [0.2, 0.25) is 5.82 Å². The zero-order valence-corrected chi connectivity index (χ0v) is 10.5. The standard InChI is InChI=1S/C10H6Cl2F3N3/c1-16-8-5-2-4(11)3-6(12)7(5)17-9(18-8)10(13,14)15/h2-3H,1H3,(H,16,17,18). The second-order valence-electron chi connectivity index (χ2n) is 3.43. The van der Waals surface area contributed by atoms with Gasteiger partial charge in [0.15, 0.2) is 0 Å². The highest BCUT2D eigenvalue weighted by Gasteiger charge is 2.35. The van der Waals surface area contributed by atoms with Crippen molar-refractivity contribution in [1.29, 1.82) is 0 Å². The van der Waals surface area contributed by atoms with Gasteiger partial charge in [0.05, 0.1) is 10.5 Å². The SMILES string of the molecule is CNc1nc(C(F)(F)F)nc2c(Cl)cc(Cl)cc12. The third kappa shape index (κ3) is 2.30. The van der Waals surface area contributed by atoms with Gasteiger partial charge < -0.3 is 5.32 Å². The summed E-state index contributed by atoms with van der Waals surface area (Å²) in [6.07, 6.45) is -4.64. The Bertz CT molecular complexity index is 613. The number of benzene rings is 1. The lowest BCUT2D eigenvalue weighted by Gasteiger charge is -2.11. The first kappa shape index (κ1) is 13.2. The van der Waals surface area contributed by atoms with Gasteiger partial charge in [0.25, 0.3) is 0 Å². The third-order valence-electron chi connectivity index (χ3n) is 2.21. The monoisotopic (exact) mass is 295 g/mol. The fourth-order valence-electron chi connectivity index (χ4n) is 1.47. The highest BCUT2D eigenvalue weighted by atomic mass is 35.5. The van der Waals surface area contributed by atoms with Gasteiger partial charge in [0.1, 0.15) is 5.82 Å². The van der Waals surface area contributed by atoms with Crippen LogP contribution >= 0.6 is 23.2 Å². The van der Waals surface area contributed by atoms with E-state index >= 15 is 0 Å². The number of fused-ring (bicyclic) bond motifs is 1. The van der Waals surface area contributed by atoms with Crippen molar-refractivity contribution in [3.05, 3.63) is 28.0 Å². The average molecular weight is 296 g/mol. The molecule has 0 radical (unpaired) electrons. The number of hydrogen-bond donors (Lipinski definition) is 1. The molecule has 0 bridgehead atoms. The van der Waals surface area contributed by atoms with Gasteiger partial charge in [-0.1, -0.05) is 23.2 Å². The van der Waals surface area contributed by atoms with Crippen LogP contribution in [0.25, 0.3) is 10.9 Å². The van der Waals surface area contributed by atoms with Crippen LogP contribution in [0.15, 0.2) is 12.1 Å². The molecule has 0 fully saturated rings. The maximum atomic E-state index is 12.6. The van der Waals surface area contributed by atoms with E-state index in [9.17, 15) is 13.2 Å². The normalized spacial score (nSPS) is 11.9. The van der Waals surface area contributed by atoms with E-state index in [0.29, 0.717) is 10.4 Å². The summed E-state index contributed by atoms with van der Waals surface area (Å²) in [6.45, 7) is 0. The van der Waals surface area contributed by atoms with Crippen LogP contribution in [0.1, 0.15) is 5.82 Å². The Labute approximate surface area is 110 Å². The minimum Gasteiger partial charge on any atom is -0.373 e. The Kier molecular flexibility index (Phi) is 3.25. The smallest absolute Gasteiger partial charge is 0.373 e. The van der Waals surface area contributed by atoms with Crippen molar-refractivity contribution < 1.29 is 13.2 Å². The van der Waals surface area contributed by atoms with Crippen molar-refractivity contribution in [1.82, 2.24) is 9.97 Å². The topological polar surface area (TPSA) is 37.8 Å². The average Bonchev–Trinajstić information content (AvgIpc) is 2.26. The fraction of sp³-hybridized carbons (Fsp3) is 0.200. The lowest BCUT2D eigenvalue weighted by atomic mass is 10.2. The molecule has 0 aliphatic carbocycles. The molecule has 1 N–H and O–H groups in total. The van der Waals surface area contributed by atoms with Crippen LogP contribution in [-0.4, -0.2) is 17.0 Å². The summed E-state index contributed by atoms with van der Waals surface area (Å²) in [6, 6.07) is 2.78. The first-order chi connectivity index (χ1) is 8.32. The van der Waals surface area contributed by atoms with Crippen molar-refractivity contribution in [3.63, 3.8) is 0 Å². The molecule has 0 atom stereocenters. The van der Waals surface area contributed by atoms with Crippen molar-refractivity contribution in [2.75, 3.05) is 12.4 Å². The largest absolute Gasteiger partial charge is 0.451 e. The molecule has 18 heavy (non-hydrogen) atoms. The molecule has 1 heterocycles. The van der Waals surface area contributed by atoms with Gasteiger partial charge in [-0.25, -0.2) is 9.97 Å². The van der Waals surface area contributed by atoms with Crippen molar-refractivity contribution >= 4 is 39.9 Å². The van der Waals surface area contributed by atoms with Crippen LogP contribution in [-0.2, 0) is 6.18 Å². The quantitative estimate of drug-likeness (QED) is 0.864. The highest BCUT2D eigenvalue weighted by Crippen LogP contribution is 2.34. The number of alkyl halides is 3. The summed E-state index contributed by atoms with van der Waals surface area (Å²) in [7, 11) is 1.46. The third-order valence-corrected chi connectivity index (χ3v) is 2.72. The first-order valence-electron chi connectivity index (χ1n) is 4.74. The summed E-state index contributed by atoms with van der Waals surface area (Å²) in [5, 5.41) is 3.25. The van der Waals surface area contributed by atoms with Crippen LogP contribution in [0.3, 0.4) is 0 Å². The summed E-state index contributed by atoms with van der Waals surface area (Å²) < 4.78 is 37.9. The predicted octanol–water partition coefficient (Wildman–Crippen LogP) is 4.00. The molecule has 2 aromatic rings. The number of nitrogens with zero attached hydrogens (tertiary/aromatic N) is 2. The van der Waals surface area contributed by atoms with Gasteiger partial charge in [-0.3, -0.25) is 0 Å². The molecule has 1 aromatic carbocycles. The lowest BCUT2D eigenvalue weighted by Crippen LogP contribution is -2.12. The zero-order valence-electron chi connectivity index (χ0n) is 8.94. The van der Waals surface area contributed by atoms with E-state index < -0.39 is 12.0 Å². The molecular formula is C10H6Cl2F3N3. The Morgan fingerprint density at radius 3 is 2.39 bits per heavy atom. The second kappa shape index (κ2) is 4.44. The van der Waals surface area contributed by atoms with Gasteiger partial charge in [-0.15, -0.1) is 0 Å². The van der Waals surface area contributed by atoms with E-state index in [1.165, 1.54) is 19.2 Å². The van der Waals surface area contributed by atoms with Crippen LogP contribution < -0.4 is 5.32 Å². The Morgan fingerprint density at radius 2 is 1.83 bits per heavy atom. The number of hydrogen-bond acceptors (Lipinski definition) is 3. The molecule has 2 rings (SSSR count). The molecule has 0 aliphatic heterocycles. The van der Waals surface area contributed by atoms with E-state index in [1.807, 2.05) is 0 Å². The van der Waals surface area contributed by atoms with Crippen molar-refractivity contribution in [2.24, 2.45) is 0 Å². The minimum absolute atomic E-state index is 0.00717. The molecule has 0 spiro atoms. The van der Waals surface area contributed by atoms with Gasteiger partial charge in [-0.05, 0) is 12.1 Å². The number of nitrogens with one attached hydrogen (secondary N) is 1. The summed E-state index contributed by atoms with van der Waals surface area (Å²) in [5.74, 6) is -1.22. The highest BCUT2D eigenvalue weighted by molar-refractivity contribution is 6.38. The van der Waals surface area contributed by atoms with Crippen LogP contribution in [0.5, 0.6) is 0 Å². The number of anilines is 1. The zero-order chi connectivity index (χ0) is 13.5. The van der Waals surface area contributed by atoms with Gasteiger partial charge in [0, 0.05) is 17.5 Å². The molecule has 0 aliphatic rings. The lowest BCUT2D eigenvalue weighted by molar-refractivity contribution is -0.144. The number of halogens is 5. The molecule has 1 aromatic heterocycles. The summed E-state index contributed by atoms with van der Waals surface area (Å²) in [5.41, 5.74) is 0.00717. The molecule has 0 saturated heterocycles. The Morgan fingerprint density at radius 1 is 1.17 bits per heavy atom. The Balaban J connectivity index is 2.84. The maximum Gasteiger partial charge on any atom is 0.451 e. The van der Waals surface area contributed by atoms with Crippen LogP contribution in [0, 0.1) is 0 Å². The molecule has 3 nitrogen and oxygen atoms in total. The summed E-state index contributed by atoms with van der Waals surface area (Å²) >= 11 is 11.6. The first-order valence-corrected chi connectivity index (χ1v) is 5.50. The molecule has 0 saturated carbocycles. The van der Waals surface area contributed by atoms with Crippen molar-refractivity contribution in [2.45, 2.75) is 6.18 Å². The maximum absolute atomic E-state index is 12.6. The Hall–Kier alpha value is -1.27. The van der Waals surface area contributed by atoms with E-state index in [-0.39, 0.29) is 16.4 Å². The van der Waals surface area contributed by atoms with E-state index in [4.69, 9.17) is 23.2 Å². The summed E-state index contributed by atoms with van der Waals surface area (Å²) in [4.78, 5) is 6.84. The number of rotatable bonds is 1. The van der Waals surface area contributed by atoms with Gasteiger partial charge in [-0.2, -0.15) is 13.2 Å². The van der Waals surface area contributed by atoms with E-state index in [1.54, 1.807) is 0 Å². The minimum atomic E-state index is -4.64. The number of aromatic nitrogens is 2. The second-order valence-corrected chi connectivity index (χ2v) is 4.27. The fourth-order valence-corrected chi connectivity index (χ4v) is 2.01. The van der Waals surface area contributed by atoms with Crippen molar-refractivity contribution in [3.8, 4) is 0 Å². The molecular weight excluding hydrogens is 290 g/mol. The van der Waals surface area contributed by atoms with Crippen LogP contribution in [0.2, 0.25) is 10.0 Å². The van der Waals surface area contributed by atoms with Crippen LogP contribution in [0.4, 0.5) is 19.0 Å². The molecule has 0 amide bonds.